The summed E-state index contributed by atoms with van der Waals surface area (Å²) in [5.41, 5.74) is 2.27. The summed E-state index contributed by atoms with van der Waals surface area (Å²) >= 11 is 0. The molecule has 2 aromatic heterocycles. The second kappa shape index (κ2) is 7.57. The van der Waals surface area contributed by atoms with Crippen LogP contribution in [0.3, 0.4) is 0 Å². The Bertz CT molecular complexity index is 1150. The topological polar surface area (TPSA) is 97.2 Å². The first-order valence-corrected chi connectivity index (χ1v) is 11.0. The molecular formula is C20H23N5O3S. The third-order valence-corrected chi connectivity index (χ3v) is 7.09. The predicted molar refractivity (Wildman–Crippen MR) is 110 cm³/mol. The molecule has 1 aliphatic rings. The van der Waals surface area contributed by atoms with Crippen LogP contribution >= 0.6 is 0 Å². The number of sulfonamides is 1. The maximum absolute atomic E-state index is 13.2. The van der Waals surface area contributed by atoms with Gasteiger partial charge in [0.1, 0.15) is 0 Å². The number of hydrogen-bond acceptors (Lipinski definition) is 5. The van der Waals surface area contributed by atoms with Crippen LogP contribution < -0.4 is 5.32 Å². The number of rotatable bonds is 4. The molecule has 8 nitrogen and oxygen atoms in total. The summed E-state index contributed by atoms with van der Waals surface area (Å²) in [6, 6.07) is 10.1. The third kappa shape index (κ3) is 3.75. The number of pyridine rings is 1. The number of amides is 1. The van der Waals surface area contributed by atoms with Gasteiger partial charge in [0.15, 0.2) is 5.65 Å². The highest BCUT2D eigenvalue weighted by molar-refractivity contribution is 7.89. The normalized spacial score (nSPS) is 18.1. The summed E-state index contributed by atoms with van der Waals surface area (Å²) in [6.45, 7) is 2.28. The van der Waals surface area contributed by atoms with Gasteiger partial charge in [-0.25, -0.2) is 13.4 Å². The van der Waals surface area contributed by atoms with Gasteiger partial charge in [-0.05, 0) is 49.2 Å². The van der Waals surface area contributed by atoms with Crippen LogP contribution in [0.25, 0.3) is 11.0 Å². The number of carbonyl (C=O) groups excluding carboxylic acids is 1. The molecule has 1 N–H and O–H groups in total. The summed E-state index contributed by atoms with van der Waals surface area (Å²) < 4.78 is 29.6. The van der Waals surface area contributed by atoms with Gasteiger partial charge >= 0.3 is 0 Å². The van der Waals surface area contributed by atoms with E-state index in [1.165, 1.54) is 23.4 Å². The molecule has 4 rings (SSSR count). The average Bonchev–Trinajstić information content (AvgIpc) is 3.05. The highest BCUT2D eigenvalue weighted by atomic mass is 32.2. The Kier molecular flexibility index (Phi) is 5.10. The van der Waals surface area contributed by atoms with Crippen molar-refractivity contribution in [1.82, 2.24) is 19.1 Å². The van der Waals surface area contributed by atoms with Crippen LogP contribution in [-0.2, 0) is 21.9 Å². The predicted octanol–water partition coefficient (Wildman–Crippen LogP) is 2.50. The van der Waals surface area contributed by atoms with Gasteiger partial charge in [-0.3, -0.25) is 9.48 Å². The first kappa shape index (κ1) is 19.5. The Morgan fingerprint density at radius 3 is 2.69 bits per heavy atom. The molecule has 1 aromatic carbocycles. The number of benzene rings is 1. The Hall–Kier alpha value is -2.78. The molecule has 29 heavy (non-hydrogen) atoms. The van der Waals surface area contributed by atoms with Crippen molar-refractivity contribution in [3.63, 3.8) is 0 Å². The van der Waals surface area contributed by atoms with E-state index in [2.05, 4.69) is 15.4 Å². The van der Waals surface area contributed by atoms with E-state index >= 15 is 0 Å². The molecule has 0 radical (unpaired) electrons. The summed E-state index contributed by atoms with van der Waals surface area (Å²) in [5, 5.41) is 8.25. The molecule has 1 fully saturated rings. The Morgan fingerprint density at radius 2 is 1.97 bits per heavy atom. The van der Waals surface area contributed by atoms with Crippen LogP contribution in [0.2, 0.25) is 0 Å². The van der Waals surface area contributed by atoms with E-state index in [4.69, 9.17) is 0 Å². The molecule has 3 heterocycles. The highest BCUT2D eigenvalue weighted by Gasteiger charge is 2.33. The zero-order valence-corrected chi connectivity index (χ0v) is 17.2. The van der Waals surface area contributed by atoms with E-state index in [9.17, 15) is 13.2 Å². The molecule has 0 bridgehead atoms. The summed E-state index contributed by atoms with van der Waals surface area (Å²) in [5.74, 6) is -0.179. The number of aryl methyl sites for hydroxylation is 1. The van der Waals surface area contributed by atoms with E-state index in [-0.39, 0.29) is 16.7 Å². The molecule has 0 unspecified atom stereocenters. The van der Waals surface area contributed by atoms with Crippen molar-refractivity contribution in [2.45, 2.75) is 30.6 Å². The van der Waals surface area contributed by atoms with Gasteiger partial charge in [-0.2, -0.15) is 9.40 Å². The van der Waals surface area contributed by atoms with Gasteiger partial charge in [-0.1, -0.05) is 0 Å². The first-order chi connectivity index (χ1) is 13.9. The van der Waals surface area contributed by atoms with Crippen molar-refractivity contribution in [1.29, 1.82) is 0 Å². The molecule has 3 aromatic rings. The third-order valence-electron chi connectivity index (χ3n) is 5.21. The maximum atomic E-state index is 13.2. The maximum Gasteiger partial charge on any atom is 0.243 e. The molecule has 1 saturated heterocycles. The molecule has 0 aliphatic carbocycles. The van der Waals surface area contributed by atoms with Crippen LogP contribution in [0.15, 0.2) is 47.5 Å². The summed E-state index contributed by atoms with van der Waals surface area (Å²) in [4.78, 5) is 15.8. The second-order valence-electron chi connectivity index (χ2n) is 7.29. The van der Waals surface area contributed by atoms with Crippen LogP contribution in [-0.4, -0.2) is 46.5 Å². The van der Waals surface area contributed by atoms with Crippen molar-refractivity contribution >= 4 is 32.7 Å². The first-order valence-electron chi connectivity index (χ1n) is 9.51. The van der Waals surface area contributed by atoms with Crippen LogP contribution in [0.1, 0.15) is 31.4 Å². The number of anilines is 1. The van der Waals surface area contributed by atoms with Gasteiger partial charge < -0.3 is 5.32 Å². The minimum atomic E-state index is -3.62. The fourth-order valence-electron chi connectivity index (χ4n) is 3.87. The Balaban J connectivity index is 1.59. The summed E-state index contributed by atoms with van der Waals surface area (Å²) in [6.07, 6.45) is 3.39. The van der Waals surface area contributed by atoms with Gasteiger partial charge in [-0.15, -0.1) is 0 Å². The highest BCUT2D eigenvalue weighted by Crippen LogP contribution is 2.33. The van der Waals surface area contributed by atoms with E-state index in [1.807, 2.05) is 19.2 Å². The van der Waals surface area contributed by atoms with Crippen LogP contribution in [0, 0.1) is 0 Å². The monoisotopic (exact) mass is 413 g/mol. The standard InChI is InChI=1S/C20H23N5O3S/c1-14(26)22-16-7-9-17(10-8-16)29(27,28)25-12-4-5-15(13-25)19-18-6-3-11-21-20(18)24(2)23-19/h3,6-11,15H,4-5,12-13H2,1-2H3,(H,22,26)/t15-/m0/s1. The van der Waals surface area contributed by atoms with Crippen LogP contribution in [0.4, 0.5) is 5.69 Å². The molecule has 0 spiro atoms. The Labute approximate surface area is 169 Å². The zero-order chi connectivity index (χ0) is 20.6. The SMILES string of the molecule is CC(=O)Nc1ccc(S(=O)(=O)N2CCC[C@H](c3nn(C)c4ncccc34)C2)cc1. The number of carbonyl (C=O) groups is 1. The zero-order valence-electron chi connectivity index (χ0n) is 16.4. The number of fused-ring (bicyclic) bond motifs is 1. The van der Waals surface area contributed by atoms with Crippen molar-refractivity contribution in [2.24, 2.45) is 7.05 Å². The van der Waals surface area contributed by atoms with Crippen molar-refractivity contribution in [2.75, 3.05) is 18.4 Å². The van der Waals surface area contributed by atoms with Crippen molar-refractivity contribution < 1.29 is 13.2 Å². The summed E-state index contributed by atoms with van der Waals surface area (Å²) in [7, 11) is -1.77. The molecule has 152 valence electrons. The fraction of sp³-hybridized carbons (Fsp3) is 0.350. The lowest BCUT2D eigenvalue weighted by atomic mass is 9.94. The Morgan fingerprint density at radius 1 is 1.21 bits per heavy atom. The van der Waals surface area contributed by atoms with E-state index < -0.39 is 10.0 Å². The van der Waals surface area contributed by atoms with Gasteiger partial charge in [0.2, 0.25) is 15.9 Å². The number of piperidine rings is 1. The van der Waals surface area contributed by atoms with Gasteiger partial charge in [0, 0.05) is 50.2 Å². The van der Waals surface area contributed by atoms with E-state index in [1.54, 1.807) is 23.0 Å². The lowest BCUT2D eigenvalue weighted by Gasteiger charge is -2.31. The number of hydrogen-bond donors (Lipinski definition) is 1. The number of aromatic nitrogens is 3. The second-order valence-corrected chi connectivity index (χ2v) is 9.23. The molecule has 1 aliphatic heterocycles. The quantitative estimate of drug-likeness (QED) is 0.709. The van der Waals surface area contributed by atoms with Crippen LogP contribution in [0.5, 0.6) is 0 Å². The number of nitrogens with zero attached hydrogens (tertiary/aromatic N) is 4. The van der Waals surface area contributed by atoms with Gasteiger partial charge in [0.05, 0.1) is 10.6 Å². The average molecular weight is 414 g/mol. The lowest BCUT2D eigenvalue weighted by Crippen LogP contribution is -2.39. The lowest BCUT2D eigenvalue weighted by molar-refractivity contribution is -0.114. The molecule has 9 heteroatoms. The molecular weight excluding hydrogens is 390 g/mol. The smallest absolute Gasteiger partial charge is 0.243 e. The number of nitrogens with one attached hydrogen (secondary N) is 1. The van der Waals surface area contributed by atoms with Gasteiger partial charge in [0.25, 0.3) is 0 Å². The minimum absolute atomic E-state index is 0.0186. The van der Waals surface area contributed by atoms with Crippen molar-refractivity contribution in [3.05, 3.63) is 48.3 Å². The molecule has 1 atom stereocenters. The van der Waals surface area contributed by atoms with Crippen molar-refractivity contribution in [3.8, 4) is 0 Å². The van der Waals surface area contributed by atoms with E-state index in [0.717, 1.165) is 29.6 Å². The minimum Gasteiger partial charge on any atom is -0.326 e. The molecule has 1 amide bonds. The molecule has 0 saturated carbocycles. The van der Waals surface area contributed by atoms with E-state index in [0.29, 0.717) is 18.8 Å². The fourth-order valence-corrected chi connectivity index (χ4v) is 5.39. The largest absolute Gasteiger partial charge is 0.326 e.